The van der Waals surface area contributed by atoms with Crippen LogP contribution in [-0.4, -0.2) is 34.9 Å². The highest BCUT2D eigenvalue weighted by Gasteiger charge is 2.18. The van der Waals surface area contributed by atoms with E-state index in [9.17, 15) is 15.0 Å². The van der Waals surface area contributed by atoms with Crippen LogP contribution in [0.1, 0.15) is 258 Å². The van der Waals surface area contributed by atoms with Crippen LogP contribution in [-0.2, 0) is 4.79 Å². The van der Waals surface area contributed by atoms with Gasteiger partial charge in [0.15, 0.2) is 0 Å². The lowest BCUT2D eigenvalue weighted by Crippen LogP contribution is -2.45. The standard InChI is InChI=1S/C52H97NO3/c1-3-5-7-9-11-13-15-16-17-18-19-20-21-22-23-24-25-26-27-28-29-30-31-32-33-34-35-36-38-40-42-44-46-48-52(56)53-50(49-54)51(55)47-45-43-41-39-37-14-12-10-8-6-4-2/h15-16,18-19,21-22,45,47,50-51,54-55H,3-14,17,20,23-44,46,48-49H2,1-2H3,(H,53,56)/b16-15-,19-18-,22-21-,47-45+. The first-order valence-electron chi connectivity index (χ1n) is 24.9. The second kappa shape index (κ2) is 47.7. The second-order valence-corrected chi connectivity index (χ2v) is 16.9. The first-order chi connectivity index (χ1) is 27.7. The number of amides is 1. The van der Waals surface area contributed by atoms with E-state index in [4.69, 9.17) is 0 Å². The summed E-state index contributed by atoms with van der Waals surface area (Å²) in [4.78, 5) is 12.4. The Hall–Kier alpha value is -1.65. The summed E-state index contributed by atoms with van der Waals surface area (Å²) in [6.07, 6.45) is 65.4. The van der Waals surface area contributed by atoms with Gasteiger partial charge in [-0.2, -0.15) is 0 Å². The first kappa shape index (κ1) is 54.3. The third kappa shape index (κ3) is 43.5. The summed E-state index contributed by atoms with van der Waals surface area (Å²) in [5, 5.41) is 23.0. The summed E-state index contributed by atoms with van der Waals surface area (Å²) >= 11 is 0. The number of nitrogens with one attached hydrogen (secondary N) is 1. The van der Waals surface area contributed by atoms with E-state index in [0.717, 1.165) is 38.5 Å². The minimum absolute atomic E-state index is 0.0638. The van der Waals surface area contributed by atoms with Gasteiger partial charge in [-0.3, -0.25) is 4.79 Å². The minimum atomic E-state index is -0.837. The Balaban J connectivity index is 3.45. The van der Waals surface area contributed by atoms with Crippen LogP contribution in [0.15, 0.2) is 48.6 Å². The number of aliphatic hydroxyl groups is 2. The van der Waals surface area contributed by atoms with Crippen molar-refractivity contribution in [1.82, 2.24) is 5.32 Å². The molecule has 4 nitrogen and oxygen atoms in total. The molecular weight excluding hydrogens is 687 g/mol. The highest BCUT2D eigenvalue weighted by molar-refractivity contribution is 5.76. The van der Waals surface area contributed by atoms with Crippen molar-refractivity contribution in [1.29, 1.82) is 0 Å². The van der Waals surface area contributed by atoms with Crippen molar-refractivity contribution in [3.8, 4) is 0 Å². The largest absolute Gasteiger partial charge is 0.394 e. The van der Waals surface area contributed by atoms with Gasteiger partial charge in [-0.1, -0.05) is 242 Å². The fourth-order valence-corrected chi connectivity index (χ4v) is 7.48. The fraction of sp³-hybridized carbons (Fsp3) is 0.827. The number of rotatable bonds is 45. The summed E-state index contributed by atoms with van der Waals surface area (Å²) in [6.45, 7) is 4.29. The molecule has 0 aromatic carbocycles. The number of hydrogen-bond donors (Lipinski definition) is 3. The highest BCUT2D eigenvalue weighted by Crippen LogP contribution is 2.16. The Bertz CT molecular complexity index is 893. The van der Waals surface area contributed by atoms with Crippen LogP contribution in [0.25, 0.3) is 0 Å². The molecule has 4 heteroatoms. The van der Waals surface area contributed by atoms with Gasteiger partial charge < -0.3 is 15.5 Å². The molecule has 0 radical (unpaired) electrons. The second-order valence-electron chi connectivity index (χ2n) is 16.9. The van der Waals surface area contributed by atoms with Gasteiger partial charge in [0.2, 0.25) is 5.91 Å². The molecule has 0 aliphatic carbocycles. The minimum Gasteiger partial charge on any atom is -0.394 e. The van der Waals surface area contributed by atoms with Crippen molar-refractivity contribution in [2.75, 3.05) is 6.61 Å². The molecule has 0 aliphatic heterocycles. The van der Waals surface area contributed by atoms with Gasteiger partial charge >= 0.3 is 0 Å². The van der Waals surface area contributed by atoms with Gasteiger partial charge in [0.05, 0.1) is 18.8 Å². The van der Waals surface area contributed by atoms with Crippen LogP contribution >= 0.6 is 0 Å². The third-order valence-corrected chi connectivity index (χ3v) is 11.3. The Kier molecular flexibility index (Phi) is 46.3. The van der Waals surface area contributed by atoms with Crippen molar-refractivity contribution >= 4 is 5.91 Å². The van der Waals surface area contributed by atoms with E-state index in [1.807, 2.05) is 6.08 Å². The maximum Gasteiger partial charge on any atom is 0.220 e. The average Bonchev–Trinajstić information content (AvgIpc) is 3.20. The smallest absolute Gasteiger partial charge is 0.220 e. The van der Waals surface area contributed by atoms with Crippen LogP contribution in [0.2, 0.25) is 0 Å². The van der Waals surface area contributed by atoms with Gasteiger partial charge in [0.25, 0.3) is 0 Å². The zero-order chi connectivity index (χ0) is 40.7. The predicted molar refractivity (Wildman–Crippen MR) is 248 cm³/mol. The van der Waals surface area contributed by atoms with Crippen molar-refractivity contribution < 1.29 is 15.0 Å². The summed E-state index contributed by atoms with van der Waals surface area (Å²) < 4.78 is 0. The molecule has 0 aromatic heterocycles. The zero-order valence-electron chi connectivity index (χ0n) is 37.7. The topological polar surface area (TPSA) is 69.6 Å². The van der Waals surface area contributed by atoms with Crippen molar-refractivity contribution in [3.05, 3.63) is 48.6 Å². The Morgan fingerprint density at radius 2 is 0.732 bits per heavy atom. The van der Waals surface area contributed by atoms with Gasteiger partial charge in [-0.05, 0) is 57.8 Å². The number of hydrogen-bond acceptors (Lipinski definition) is 3. The molecule has 0 spiro atoms. The van der Waals surface area contributed by atoms with Crippen LogP contribution in [0.5, 0.6) is 0 Å². The van der Waals surface area contributed by atoms with Gasteiger partial charge in [-0.25, -0.2) is 0 Å². The average molecular weight is 784 g/mol. The van der Waals surface area contributed by atoms with Gasteiger partial charge in [-0.15, -0.1) is 0 Å². The maximum atomic E-state index is 12.4. The molecule has 0 aliphatic rings. The Morgan fingerprint density at radius 3 is 1.09 bits per heavy atom. The summed E-state index contributed by atoms with van der Waals surface area (Å²) in [6, 6.07) is -0.620. The molecular formula is C52H97NO3. The summed E-state index contributed by atoms with van der Waals surface area (Å²) in [7, 11) is 0. The van der Waals surface area contributed by atoms with E-state index < -0.39 is 12.1 Å². The highest BCUT2D eigenvalue weighted by atomic mass is 16.3. The lowest BCUT2D eigenvalue weighted by atomic mass is 10.0. The quantitative estimate of drug-likeness (QED) is 0.0425. The molecule has 0 saturated carbocycles. The molecule has 56 heavy (non-hydrogen) atoms. The van der Waals surface area contributed by atoms with E-state index in [1.54, 1.807) is 6.08 Å². The lowest BCUT2D eigenvalue weighted by Gasteiger charge is -2.20. The number of carbonyl (C=O) groups excluding carboxylic acids is 1. The van der Waals surface area contributed by atoms with E-state index in [1.165, 1.54) is 199 Å². The number of aliphatic hydroxyl groups excluding tert-OH is 2. The van der Waals surface area contributed by atoms with E-state index >= 15 is 0 Å². The fourth-order valence-electron chi connectivity index (χ4n) is 7.48. The van der Waals surface area contributed by atoms with Gasteiger partial charge in [0.1, 0.15) is 0 Å². The van der Waals surface area contributed by atoms with Gasteiger partial charge in [0, 0.05) is 6.42 Å². The molecule has 0 aromatic rings. The normalized spacial score (nSPS) is 13.3. The summed E-state index contributed by atoms with van der Waals surface area (Å²) in [5.41, 5.74) is 0. The molecule has 2 unspecified atom stereocenters. The maximum absolute atomic E-state index is 12.4. The van der Waals surface area contributed by atoms with E-state index in [-0.39, 0.29) is 12.5 Å². The molecule has 0 bridgehead atoms. The molecule has 0 fully saturated rings. The monoisotopic (exact) mass is 784 g/mol. The van der Waals surface area contributed by atoms with Crippen molar-refractivity contribution in [2.24, 2.45) is 0 Å². The van der Waals surface area contributed by atoms with Crippen LogP contribution < -0.4 is 5.32 Å². The Labute approximate surface area is 350 Å². The molecule has 0 saturated heterocycles. The number of carbonyl (C=O) groups is 1. The molecule has 328 valence electrons. The number of unbranched alkanes of at least 4 members (excludes halogenated alkanes) is 32. The Morgan fingerprint density at radius 1 is 0.429 bits per heavy atom. The lowest BCUT2D eigenvalue weighted by molar-refractivity contribution is -0.123. The molecule has 0 rings (SSSR count). The SMILES string of the molecule is CCCCCCC/C=C\C/C=C\C/C=C\CCCCCCCCCCCCCCCCCCCCC(=O)NC(CO)C(O)/C=C/CCCCCCCCCCC. The van der Waals surface area contributed by atoms with Crippen LogP contribution in [0.3, 0.4) is 0 Å². The van der Waals surface area contributed by atoms with Crippen molar-refractivity contribution in [3.63, 3.8) is 0 Å². The molecule has 1 amide bonds. The summed E-state index contributed by atoms with van der Waals surface area (Å²) in [5.74, 6) is -0.0638. The number of allylic oxidation sites excluding steroid dienone is 7. The molecule has 0 heterocycles. The molecule has 3 N–H and O–H groups in total. The zero-order valence-corrected chi connectivity index (χ0v) is 37.7. The van der Waals surface area contributed by atoms with Crippen LogP contribution in [0.4, 0.5) is 0 Å². The van der Waals surface area contributed by atoms with E-state index in [0.29, 0.717) is 6.42 Å². The predicted octanol–water partition coefficient (Wildman–Crippen LogP) is 15.9. The van der Waals surface area contributed by atoms with E-state index in [2.05, 4.69) is 55.6 Å². The molecule has 2 atom stereocenters. The third-order valence-electron chi connectivity index (χ3n) is 11.3. The van der Waals surface area contributed by atoms with Crippen molar-refractivity contribution in [2.45, 2.75) is 270 Å². The van der Waals surface area contributed by atoms with Crippen LogP contribution in [0, 0.1) is 0 Å². The first-order valence-corrected chi connectivity index (χ1v) is 24.9.